The molecule has 3 rings (SSSR count). The van der Waals surface area contributed by atoms with Crippen molar-refractivity contribution in [2.45, 2.75) is 39.3 Å². The molecule has 0 unspecified atom stereocenters. The third-order valence-electron chi connectivity index (χ3n) is 5.24. The van der Waals surface area contributed by atoms with Crippen LogP contribution in [-0.4, -0.2) is 55.2 Å². The van der Waals surface area contributed by atoms with Crippen molar-refractivity contribution in [1.29, 1.82) is 0 Å². The Hall–Kier alpha value is -0.970. The molecule has 0 N–H and O–H groups in total. The highest BCUT2D eigenvalue weighted by molar-refractivity contribution is 5.16. The van der Waals surface area contributed by atoms with Gasteiger partial charge in [0.25, 0.3) is 0 Å². The van der Waals surface area contributed by atoms with E-state index in [1.54, 1.807) is 12.1 Å². The lowest BCUT2D eigenvalue weighted by atomic mass is 9.79. The van der Waals surface area contributed by atoms with Crippen molar-refractivity contribution in [2.75, 3.05) is 39.4 Å². The molecule has 1 aromatic carbocycles. The van der Waals surface area contributed by atoms with Crippen molar-refractivity contribution in [1.82, 2.24) is 9.80 Å². The number of piperidine rings is 1. The minimum atomic E-state index is -0.141. The highest BCUT2D eigenvalue weighted by Gasteiger charge is 2.39. The van der Waals surface area contributed by atoms with Crippen LogP contribution >= 0.6 is 0 Å². The number of hydrogen-bond acceptors (Lipinski definition) is 3. The molecule has 23 heavy (non-hydrogen) atoms. The fraction of sp³-hybridized carbons (Fsp3) is 0.684. The molecule has 0 saturated carbocycles. The van der Waals surface area contributed by atoms with Crippen LogP contribution in [-0.2, 0) is 11.3 Å². The van der Waals surface area contributed by atoms with Gasteiger partial charge in [-0.15, -0.1) is 0 Å². The van der Waals surface area contributed by atoms with Crippen LogP contribution < -0.4 is 0 Å². The minimum absolute atomic E-state index is 0.141. The van der Waals surface area contributed by atoms with Gasteiger partial charge < -0.3 is 4.74 Å². The zero-order chi connectivity index (χ0) is 16.3. The average molecular weight is 320 g/mol. The fourth-order valence-corrected chi connectivity index (χ4v) is 4.05. The van der Waals surface area contributed by atoms with Crippen LogP contribution in [0.4, 0.5) is 4.39 Å². The molecule has 2 aliphatic heterocycles. The number of nitrogens with zero attached hydrogens (tertiary/aromatic N) is 2. The van der Waals surface area contributed by atoms with Crippen LogP contribution in [0.5, 0.6) is 0 Å². The number of ether oxygens (including phenoxy) is 1. The van der Waals surface area contributed by atoms with E-state index in [0.717, 1.165) is 51.5 Å². The highest BCUT2D eigenvalue weighted by Crippen LogP contribution is 2.34. The molecule has 2 heterocycles. The third kappa shape index (κ3) is 4.31. The summed E-state index contributed by atoms with van der Waals surface area (Å²) in [5.74, 6) is -0.141. The monoisotopic (exact) mass is 320 g/mol. The molecule has 0 aromatic heterocycles. The van der Waals surface area contributed by atoms with Gasteiger partial charge in [-0.3, -0.25) is 9.80 Å². The van der Waals surface area contributed by atoms with Gasteiger partial charge in [-0.05, 0) is 50.9 Å². The molecule has 1 atom stereocenters. The van der Waals surface area contributed by atoms with Gasteiger partial charge in [0.15, 0.2) is 0 Å². The summed E-state index contributed by atoms with van der Waals surface area (Å²) in [5.41, 5.74) is 1.30. The van der Waals surface area contributed by atoms with Crippen LogP contribution in [0.25, 0.3) is 0 Å². The van der Waals surface area contributed by atoms with Gasteiger partial charge in [0.2, 0.25) is 0 Å². The first-order chi connectivity index (χ1) is 11.1. The smallest absolute Gasteiger partial charge is 0.123 e. The average Bonchev–Trinajstić information content (AvgIpc) is 2.70. The van der Waals surface area contributed by atoms with E-state index in [0.29, 0.717) is 6.04 Å². The molecule has 1 spiro atoms. The number of hydrogen-bond donors (Lipinski definition) is 0. The Kier molecular flexibility index (Phi) is 5.34. The predicted molar refractivity (Wildman–Crippen MR) is 90.9 cm³/mol. The molecule has 1 aromatic rings. The molecule has 0 aliphatic carbocycles. The maximum absolute atomic E-state index is 13.4. The number of rotatable bonds is 3. The summed E-state index contributed by atoms with van der Waals surface area (Å²) in [6.45, 7) is 11.4. The van der Waals surface area contributed by atoms with E-state index < -0.39 is 0 Å². The maximum atomic E-state index is 13.4. The topological polar surface area (TPSA) is 15.7 Å². The zero-order valence-corrected chi connectivity index (χ0v) is 14.4. The first-order valence-corrected chi connectivity index (χ1v) is 8.85. The van der Waals surface area contributed by atoms with E-state index in [2.05, 4.69) is 23.6 Å². The standard InChI is InChI=1S/C19H29FN2O/c1-16(2)22-9-10-23-15-19(14-22)7-4-8-21(13-19)12-17-5-3-6-18(20)11-17/h3,5-6,11,16H,4,7-10,12-15H2,1-2H3/t19-/m0/s1. The van der Waals surface area contributed by atoms with Crippen molar-refractivity contribution in [3.05, 3.63) is 35.6 Å². The molecule has 128 valence electrons. The van der Waals surface area contributed by atoms with Crippen molar-refractivity contribution in [3.63, 3.8) is 0 Å². The predicted octanol–water partition coefficient (Wildman–Crippen LogP) is 3.15. The second kappa shape index (κ2) is 7.29. The summed E-state index contributed by atoms with van der Waals surface area (Å²) < 4.78 is 19.4. The molecule has 0 bridgehead atoms. The SMILES string of the molecule is CC(C)N1CCOC[C@]2(CCCN(Cc3cccc(F)c3)C2)C1. The molecule has 0 radical (unpaired) electrons. The highest BCUT2D eigenvalue weighted by atomic mass is 19.1. The second-order valence-electron chi connectivity index (χ2n) is 7.56. The van der Waals surface area contributed by atoms with E-state index in [4.69, 9.17) is 4.74 Å². The van der Waals surface area contributed by atoms with Crippen molar-refractivity contribution in [2.24, 2.45) is 5.41 Å². The minimum Gasteiger partial charge on any atom is -0.379 e. The number of likely N-dealkylation sites (tertiary alicyclic amines) is 1. The summed E-state index contributed by atoms with van der Waals surface area (Å²) in [7, 11) is 0. The lowest BCUT2D eigenvalue weighted by Gasteiger charge is -2.44. The lowest BCUT2D eigenvalue weighted by molar-refractivity contribution is 0.000947. The van der Waals surface area contributed by atoms with Gasteiger partial charge in [0, 0.05) is 37.6 Å². The van der Waals surface area contributed by atoms with Crippen molar-refractivity contribution < 1.29 is 9.13 Å². The van der Waals surface area contributed by atoms with E-state index in [-0.39, 0.29) is 11.2 Å². The van der Waals surface area contributed by atoms with Crippen LogP contribution in [0.15, 0.2) is 24.3 Å². The molecule has 2 fully saturated rings. The fourth-order valence-electron chi connectivity index (χ4n) is 4.05. The number of benzene rings is 1. The Labute approximate surface area is 139 Å². The van der Waals surface area contributed by atoms with Gasteiger partial charge in [-0.25, -0.2) is 4.39 Å². The van der Waals surface area contributed by atoms with Crippen molar-refractivity contribution >= 4 is 0 Å². The van der Waals surface area contributed by atoms with Gasteiger partial charge in [0.05, 0.1) is 13.2 Å². The first-order valence-electron chi connectivity index (χ1n) is 8.85. The zero-order valence-electron chi connectivity index (χ0n) is 14.4. The molecule has 2 saturated heterocycles. The van der Waals surface area contributed by atoms with Gasteiger partial charge in [0.1, 0.15) is 5.82 Å². The van der Waals surface area contributed by atoms with Gasteiger partial charge >= 0.3 is 0 Å². The molecule has 2 aliphatic rings. The van der Waals surface area contributed by atoms with Crippen LogP contribution in [0.1, 0.15) is 32.3 Å². The summed E-state index contributed by atoms with van der Waals surface area (Å²) >= 11 is 0. The maximum Gasteiger partial charge on any atom is 0.123 e. The summed E-state index contributed by atoms with van der Waals surface area (Å²) in [4.78, 5) is 5.03. The normalized spacial score (nSPS) is 27.5. The Morgan fingerprint density at radius 3 is 2.91 bits per heavy atom. The molecular formula is C19H29FN2O. The largest absolute Gasteiger partial charge is 0.379 e. The van der Waals surface area contributed by atoms with E-state index in [1.165, 1.54) is 18.9 Å². The molecule has 3 nitrogen and oxygen atoms in total. The van der Waals surface area contributed by atoms with Crippen molar-refractivity contribution in [3.8, 4) is 0 Å². The number of halogens is 1. The lowest BCUT2D eigenvalue weighted by Crippen LogP contribution is -2.51. The second-order valence-corrected chi connectivity index (χ2v) is 7.56. The van der Waals surface area contributed by atoms with E-state index in [1.807, 2.05) is 6.07 Å². The Bertz CT molecular complexity index is 522. The molecule has 4 heteroatoms. The summed E-state index contributed by atoms with van der Waals surface area (Å²) in [5, 5.41) is 0. The summed E-state index contributed by atoms with van der Waals surface area (Å²) in [6.07, 6.45) is 2.43. The Morgan fingerprint density at radius 1 is 1.26 bits per heavy atom. The van der Waals surface area contributed by atoms with Crippen LogP contribution in [0, 0.1) is 11.2 Å². The Morgan fingerprint density at radius 2 is 2.13 bits per heavy atom. The van der Waals surface area contributed by atoms with Crippen LogP contribution in [0.2, 0.25) is 0 Å². The van der Waals surface area contributed by atoms with E-state index >= 15 is 0 Å². The van der Waals surface area contributed by atoms with Crippen LogP contribution in [0.3, 0.4) is 0 Å². The molecule has 0 amide bonds. The summed E-state index contributed by atoms with van der Waals surface area (Å²) in [6, 6.07) is 7.56. The van der Waals surface area contributed by atoms with E-state index in [9.17, 15) is 4.39 Å². The molecular weight excluding hydrogens is 291 g/mol. The third-order valence-corrected chi connectivity index (χ3v) is 5.24. The van der Waals surface area contributed by atoms with Gasteiger partial charge in [-0.2, -0.15) is 0 Å². The van der Waals surface area contributed by atoms with Gasteiger partial charge in [-0.1, -0.05) is 12.1 Å². The quantitative estimate of drug-likeness (QED) is 0.851. The first kappa shape index (κ1) is 16.9. The Balaban J connectivity index is 1.68.